The molecule has 11 aliphatic rings. The van der Waals surface area contributed by atoms with E-state index in [9.17, 15) is 86.2 Å². The summed E-state index contributed by atoms with van der Waals surface area (Å²) >= 11 is 0. The number of aliphatic hydroxyl groups excluding tert-OH is 15. The van der Waals surface area contributed by atoms with Gasteiger partial charge in [-0.3, -0.25) is 14.4 Å². The Balaban J connectivity index is 0.844. The number of fused-ring (bicyclic) bond motifs is 4. The molecule has 39 unspecified atom stereocenters. The number of carbonyl (C=O) groups is 3. The molecule has 7 aliphatic heterocycles. The highest BCUT2D eigenvalue weighted by molar-refractivity contribution is 5.84. The molecule has 7 saturated heterocycles. The van der Waals surface area contributed by atoms with Crippen LogP contribution in [0.4, 0.5) is 0 Å². The first-order valence-electron chi connectivity index (χ1n) is 36.7. The van der Waals surface area contributed by atoms with Gasteiger partial charge in [-0.15, -0.1) is 6.58 Å². The summed E-state index contributed by atoms with van der Waals surface area (Å²) in [6, 6.07) is 0. The molecule has 0 amide bonds. The third kappa shape index (κ3) is 14.7. The zero-order valence-corrected chi connectivity index (χ0v) is 61.6. The highest BCUT2D eigenvalue weighted by Gasteiger charge is 2.81. The highest BCUT2D eigenvalue weighted by atomic mass is 16.8. The van der Waals surface area contributed by atoms with E-state index in [4.69, 9.17) is 80.5 Å². The van der Waals surface area contributed by atoms with Crippen molar-refractivity contribution in [3.05, 3.63) is 23.8 Å². The van der Waals surface area contributed by atoms with Crippen molar-refractivity contribution in [1.29, 1.82) is 0 Å². The van der Waals surface area contributed by atoms with E-state index in [2.05, 4.69) is 40.3 Å². The van der Waals surface area contributed by atoms with Crippen LogP contribution in [-0.4, -0.2) is 344 Å². The first-order valence-corrected chi connectivity index (χ1v) is 36.7. The van der Waals surface area contributed by atoms with E-state index in [-0.39, 0.29) is 18.3 Å². The maximum atomic E-state index is 15.1. The number of hydrogen-bond donors (Lipinski definition) is 15. The van der Waals surface area contributed by atoms with E-state index in [0.717, 1.165) is 11.1 Å². The first-order chi connectivity index (χ1) is 50.0. The van der Waals surface area contributed by atoms with Gasteiger partial charge in [0.05, 0.1) is 56.6 Å². The molecule has 106 heavy (non-hydrogen) atoms. The molecule has 0 radical (unpaired) electrons. The van der Waals surface area contributed by atoms with Crippen LogP contribution in [-0.2, 0) is 94.9 Å². The topological polar surface area (TPSA) is 512 Å². The van der Waals surface area contributed by atoms with Gasteiger partial charge >= 0.3 is 17.9 Å². The zero-order valence-electron chi connectivity index (χ0n) is 61.6. The molecule has 0 bridgehead atoms. The predicted molar refractivity (Wildman–Crippen MR) is 352 cm³/mol. The molecular formula is C71H112O35. The number of methoxy groups -OCH3 is 2. The second-order valence-electron chi connectivity index (χ2n) is 32.0. The van der Waals surface area contributed by atoms with Gasteiger partial charge in [-0.25, -0.2) is 0 Å². The molecule has 4 aliphatic carbocycles. The summed E-state index contributed by atoms with van der Waals surface area (Å²) < 4.78 is 103. The monoisotopic (exact) mass is 1520 g/mol. The van der Waals surface area contributed by atoms with Crippen molar-refractivity contribution in [1.82, 2.24) is 0 Å². The first kappa shape index (κ1) is 83.7. The van der Waals surface area contributed by atoms with Gasteiger partial charge in [0, 0.05) is 28.1 Å². The van der Waals surface area contributed by atoms with Gasteiger partial charge in [0.1, 0.15) is 146 Å². The molecule has 0 aromatic carbocycles. The molecule has 0 aromatic rings. The van der Waals surface area contributed by atoms with Crippen LogP contribution in [0.25, 0.3) is 0 Å². The number of aliphatic hydroxyl groups is 15. The van der Waals surface area contributed by atoms with Crippen molar-refractivity contribution >= 4 is 17.9 Å². The fraction of sp³-hybridized carbons (Fsp3) is 0.901. The summed E-state index contributed by atoms with van der Waals surface area (Å²) in [7, 11) is 2.36. The van der Waals surface area contributed by atoms with Gasteiger partial charge in [-0.1, -0.05) is 44.9 Å². The van der Waals surface area contributed by atoms with Crippen LogP contribution in [0.2, 0.25) is 0 Å². The number of allylic oxidation sites excluding steroid dienone is 3. The van der Waals surface area contributed by atoms with Gasteiger partial charge in [0.25, 0.3) is 0 Å². The number of cyclic esters (lactones) is 1. The van der Waals surface area contributed by atoms with Gasteiger partial charge < -0.3 is 157 Å². The second-order valence-corrected chi connectivity index (χ2v) is 32.0. The lowest BCUT2D eigenvalue weighted by molar-refractivity contribution is -0.397. The molecule has 15 N–H and O–H groups in total. The van der Waals surface area contributed by atoms with Gasteiger partial charge in [-0.2, -0.15) is 0 Å². The minimum Gasteiger partial charge on any atom is -0.462 e. The van der Waals surface area contributed by atoms with E-state index in [0.29, 0.717) is 44.9 Å². The lowest BCUT2D eigenvalue weighted by atomic mass is 9.41. The Kier molecular flexibility index (Phi) is 25.8. The second kappa shape index (κ2) is 32.7. The number of rotatable bonds is 24. The predicted octanol–water partition coefficient (Wildman–Crippen LogP) is -4.00. The molecule has 0 aromatic heterocycles. The lowest BCUT2D eigenvalue weighted by Gasteiger charge is -2.63. The number of esters is 3. The lowest BCUT2D eigenvalue weighted by Crippen LogP contribution is -2.67. The molecule has 11 rings (SSSR count). The van der Waals surface area contributed by atoms with Crippen molar-refractivity contribution in [3.63, 3.8) is 0 Å². The Morgan fingerprint density at radius 2 is 1.06 bits per heavy atom. The molecule has 3 saturated carbocycles. The van der Waals surface area contributed by atoms with Crippen molar-refractivity contribution in [3.8, 4) is 0 Å². The summed E-state index contributed by atoms with van der Waals surface area (Å²) in [6.07, 6.45) is -46.3. The van der Waals surface area contributed by atoms with Gasteiger partial charge in [0.2, 0.25) is 0 Å². The molecule has 7 heterocycles. The Hall–Kier alpha value is -3.27. The van der Waals surface area contributed by atoms with Crippen molar-refractivity contribution < 1.29 is 172 Å². The van der Waals surface area contributed by atoms with Crippen LogP contribution in [0.3, 0.4) is 0 Å². The standard InChI is InChI=1S/C71H112O35/c1-27(2)13-16-41(95-30(5)77)70(10)59-33(94-29(4)76)21-69(9)32-14-15-39-67(6,7)40(18-19-68(39,8)31(32)17-20-71(59,69)66(89)106-70)101-65-58(45(81)38(26-92-65)100-61-49(85)47(83)54(37(25-75)99-61)103-62-50(86)55(90-11)42(78)34(22-72)96-62)105-60-48(84)46(82)53(28(3)93-60)102-64-52(88)57(44(80)36(24-74)98-64)104-63-51(87)56(91-12)43(79)35(23-73)97-63/h17,28,32-65,72-75,78-88H,1,13-16,18-26H2,2-12H3. The quantitative estimate of drug-likeness (QED) is 0.0190. The largest absolute Gasteiger partial charge is 0.462 e. The molecule has 1 spiro atoms. The van der Waals surface area contributed by atoms with Crippen molar-refractivity contribution in [2.75, 3.05) is 47.3 Å². The van der Waals surface area contributed by atoms with E-state index < -0.39 is 281 Å². The maximum absolute atomic E-state index is 15.1. The summed E-state index contributed by atoms with van der Waals surface area (Å²) in [6.45, 7) is 16.3. The highest BCUT2D eigenvalue weighted by Crippen LogP contribution is 2.77. The summed E-state index contributed by atoms with van der Waals surface area (Å²) in [5.41, 5.74) is -2.71. The van der Waals surface area contributed by atoms with Crippen LogP contribution in [0.1, 0.15) is 114 Å². The Labute approximate surface area is 613 Å². The summed E-state index contributed by atoms with van der Waals surface area (Å²) in [5.74, 6) is -2.58. The Morgan fingerprint density at radius 1 is 0.557 bits per heavy atom. The molecule has 35 heteroatoms. The minimum absolute atomic E-state index is 0.134. The molecular weight excluding hydrogens is 1410 g/mol. The van der Waals surface area contributed by atoms with E-state index in [1.165, 1.54) is 35.0 Å². The molecule has 39 atom stereocenters. The maximum Gasteiger partial charge on any atom is 0.314 e. The third-order valence-electron chi connectivity index (χ3n) is 25.3. The number of ether oxygens (including phenoxy) is 17. The smallest absolute Gasteiger partial charge is 0.314 e. The average molecular weight is 1530 g/mol. The fourth-order valence-corrected chi connectivity index (χ4v) is 19.9. The van der Waals surface area contributed by atoms with Crippen molar-refractivity contribution in [2.45, 2.75) is 316 Å². The fourth-order valence-electron chi connectivity index (χ4n) is 19.9. The molecule has 10 fully saturated rings. The normalized spacial score (nSPS) is 50.3. The van der Waals surface area contributed by atoms with Crippen LogP contribution in [0.15, 0.2) is 23.8 Å². The summed E-state index contributed by atoms with van der Waals surface area (Å²) in [5, 5.41) is 168. The molecule has 35 nitrogen and oxygen atoms in total. The van der Waals surface area contributed by atoms with E-state index in [1.54, 1.807) is 6.92 Å². The minimum atomic E-state index is -2.11. The van der Waals surface area contributed by atoms with Crippen LogP contribution in [0, 0.1) is 39.4 Å². The molecule has 606 valence electrons. The Morgan fingerprint density at radius 3 is 1.59 bits per heavy atom. The van der Waals surface area contributed by atoms with Crippen molar-refractivity contribution in [2.24, 2.45) is 39.4 Å². The number of hydrogen-bond acceptors (Lipinski definition) is 35. The Bertz CT molecular complexity index is 3070. The summed E-state index contributed by atoms with van der Waals surface area (Å²) in [4.78, 5) is 41.1. The van der Waals surface area contributed by atoms with E-state index >= 15 is 4.79 Å². The SMILES string of the molecule is C=C(C)CCC(OC(C)=O)C1(C)OC(=O)C23CC=C4C(CCC5C4(C)CCC(OC4OCC(OC6OC(CO)C(OC7OC(CO)C(O)C(OC)C7O)C(O)C6O)C(O)C4OC4OC(C)C(OC6OC(CO)C(O)C(OC7OC(CO)C(O)C(OC)C7O)C6O)C(O)C4O)C5(C)C)C2(C)CC(OC(C)=O)C13. The zero-order chi connectivity index (χ0) is 77.5. The number of carbonyl (C=O) groups excluding carboxylic acids is 3. The van der Waals surface area contributed by atoms with Crippen LogP contribution in [0.5, 0.6) is 0 Å². The van der Waals surface area contributed by atoms with Crippen LogP contribution < -0.4 is 0 Å². The van der Waals surface area contributed by atoms with Gasteiger partial charge in [-0.05, 0) is 100 Å². The van der Waals surface area contributed by atoms with E-state index in [1.807, 2.05) is 6.92 Å². The third-order valence-corrected chi connectivity index (χ3v) is 25.3. The average Bonchev–Trinajstić information content (AvgIpc) is 1.47. The van der Waals surface area contributed by atoms with Gasteiger partial charge in [0.15, 0.2) is 43.3 Å². The van der Waals surface area contributed by atoms with Crippen LogP contribution >= 0.6 is 0 Å².